The minimum absolute atomic E-state index is 0.0356. The zero-order valence-electron chi connectivity index (χ0n) is 38.2. The number of hydrogen-bond donors (Lipinski definition) is 14. The quantitative estimate of drug-likeness (QED) is 0.0316. The van der Waals surface area contributed by atoms with Crippen molar-refractivity contribution in [3.8, 4) is 0 Å². The Kier molecular flexibility index (Phi) is 22.5. The van der Waals surface area contributed by atoms with Gasteiger partial charge in [0.15, 0.2) is 18.9 Å². The Morgan fingerprint density at radius 3 is 1.85 bits per heavy atom. The molecule has 2 amide bonds. The highest BCUT2D eigenvalue weighted by Gasteiger charge is 2.61. The monoisotopic (exact) mass is 990 g/mol. The standard InChI is InChI=1S/C41H70N2O25/c1-17-27(52)30(55)31(56)38(62-17)66-35-26(43-19(3)48)37(61-12-10-8-6-5-7-9-11-24(51)60-4)64-23(16-46)33(35)65-39-32(57)36(29(54)22(15-45)63-39)68-41(40(58)59)13-20(49)25(42-18(2)47)34(67-41)28(53)21(50)14-44/h17,20-23,25-39,44-46,49-50,52-57H,5-16H2,1-4H3,(H,42,47)(H,43,48)(H,58,59)/t17?,20?,21?,22-,23-,25?,26?,27?,28?,29?,30?,31?,32?,33?,34?,35?,36?,37?,38?,39?,41+/m1/s1. The molecule has 14 N–H and O–H groups in total. The van der Waals surface area contributed by atoms with Gasteiger partial charge in [0, 0.05) is 33.3 Å². The highest BCUT2D eigenvalue weighted by Crippen LogP contribution is 2.39. The molecule has 4 heterocycles. The van der Waals surface area contributed by atoms with Gasteiger partial charge in [-0.05, 0) is 19.8 Å². The summed E-state index contributed by atoms with van der Waals surface area (Å²) in [5, 5.41) is 134. The summed E-state index contributed by atoms with van der Waals surface area (Å²) in [5.74, 6) is -6.90. The number of aliphatic carboxylic acids is 1. The van der Waals surface area contributed by atoms with E-state index in [4.69, 9.17) is 37.9 Å². The van der Waals surface area contributed by atoms with E-state index >= 15 is 0 Å². The summed E-state index contributed by atoms with van der Waals surface area (Å²) in [5.41, 5.74) is 0. The lowest BCUT2D eigenvalue weighted by molar-refractivity contribution is -0.391. The van der Waals surface area contributed by atoms with Crippen LogP contribution in [0.2, 0.25) is 0 Å². The van der Waals surface area contributed by atoms with E-state index in [-0.39, 0.29) is 12.6 Å². The molecule has 0 saturated carbocycles. The van der Waals surface area contributed by atoms with Crippen molar-refractivity contribution in [2.45, 2.75) is 200 Å². The molecule has 18 unspecified atom stereocenters. The molecule has 0 spiro atoms. The number of carbonyl (C=O) groups excluding carboxylic acids is 3. The molecule has 4 fully saturated rings. The van der Waals surface area contributed by atoms with Crippen LogP contribution in [0.4, 0.5) is 0 Å². The van der Waals surface area contributed by atoms with Crippen molar-refractivity contribution in [2.75, 3.05) is 33.5 Å². The zero-order chi connectivity index (χ0) is 50.6. The molecule has 0 aromatic carbocycles. The first-order valence-electron chi connectivity index (χ1n) is 22.5. The van der Waals surface area contributed by atoms with Gasteiger partial charge < -0.3 is 115 Å². The first kappa shape index (κ1) is 57.7. The lowest BCUT2D eigenvalue weighted by atomic mass is 9.88. The van der Waals surface area contributed by atoms with Gasteiger partial charge in [-0.1, -0.05) is 25.7 Å². The number of ether oxygens (including phenoxy) is 9. The lowest BCUT2D eigenvalue weighted by Crippen LogP contribution is -2.71. The maximum Gasteiger partial charge on any atom is 0.364 e. The number of rotatable bonds is 24. The molecule has 0 aromatic rings. The predicted molar refractivity (Wildman–Crippen MR) is 221 cm³/mol. The molecular weight excluding hydrogens is 920 g/mol. The van der Waals surface area contributed by atoms with Crippen molar-refractivity contribution in [3.05, 3.63) is 0 Å². The number of esters is 1. The third-order valence-corrected chi connectivity index (χ3v) is 12.2. The Morgan fingerprint density at radius 1 is 0.691 bits per heavy atom. The van der Waals surface area contributed by atoms with Gasteiger partial charge in [-0.2, -0.15) is 0 Å². The predicted octanol–water partition coefficient (Wildman–Crippen LogP) is -6.30. The summed E-state index contributed by atoms with van der Waals surface area (Å²) >= 11 is 0. The number of aliphatic hydroxyl groups excluding tert-OH is 11. The van der Waals surface area contributed by atoms with Crippen LogP contribution in [0.5, 0.6) is 0 Å². The van der Waals surface area contributed by atoms with E-state index in [0.717, 1.165) is 33.1 Å². The molecule has 0 aliphatic carbocycles. The molecule has 0 aromatic heterocycles. The Labute approximate surface area is 391 Å². The average Bonchev–Trinajstić information content (AvgIpc) is 3.30. The average molecular weight is 991 g/mol. The number of aliphatic hydroxyl groups is 11. The molecule has 27 nitrogen and oxygen atoms in total. The Balaban J connectivity index is 1.66. The largest absolute Gasteiger partial charge is 0.477 e. The van der Waals surface area contributed by atoms with Crippen molar-refractivity contribution < 1.29 is 123 Å². The maximum absolute atomic E-state index is 13.0. The van der Waals surface area contributed by atoms with Crippen LogP contribution in [0, 0.1) is 0 Å². The highest BCUT2D eigenvalue weighted by atomic mass is 16.8. The zero-order valence-corrected chi connectivity index (χ0v) is 38.2. The molecule has 4 rings (SSSR count). The van der Waals surface area contributed by atoms with Crippen LogP contribution in [0.25, 0.3) is 0 Å². The first-order valence-corrected chi connectivity index (χ1v) is 22.5. The third-order valence-electron chi connectivity index (χ3n) is 12.2. The summed E-state index contributed by atoms with van der Waals surface area (Å²) < 4.78 is 52.1. The molecule has 4 aliphatic heterocycles. The van der Waals surface area contributed by atoms with Crippen molar-refractivity contribution in [2.24, 2.45) is 0 Å². The second kappa shape index (κ2) is 26.5. The van der Waals surface area contributed by atoms with Gasteiger partial charge in [0.05, 0.1) is 45.2 Å². The SMILES string of the molecule is COC(=O)CCCCCCCCOC1O[C@H](CO)C(OC2O[C@H](CO)C(O)C(O[C@]3(C(=O)O)CC(O)C(NC(C)=O)C(C(O)C(O)CO)O3)C2O)C(OC2OC(C)C(O)C(O)C2O)C1NC(C)=O. The fourth-order valence-electron chi connectivity index (χ4n) is 8.50. The van der Waals surface area contributed by atoms with Crippen molar-refractivity contribution in [3.63, 3.8) is 0 Å². The molecular formula is C41H70N2O25. The van der Waals surface area contributed by atoms with Crippen LogP contribution in [0.15, 0.2) is 0 Å². The van der Waals surface area contributed by atoms with Crippen LogP contribution < -0.4 is 10.6 Å². The first-order chi connectivity index (χ1) is 32.1. The molecule has 394 valence electrons. The van der Waals surface area contributed by atoms with Crippen LogP contribution in [0.1, 0.15) is 72.1 Å². The maximum atomic E-state index is 13.0. The Hall–Kier alpha value is -2.88. The van der Waals surface area contributed by atoms with E-state index in [1.54, 1.807) is 0 Å². The molecule has 21 atom stereocenters. The highest BCUT2D eigenvalue weighted by molar-refractivity contribution is 5.77. The lowest BCUT2D eigenvalue weighted by Gasteiger charge is -2.51. The van der Waals surface area contributed by atoms with E-state index in [1.165, 1.54) is 14.0 Å². The van der Waals surface area contributed by atoms with Gasteiger partial charge in [0.1, 0.15) is 85.4 Å². The van der Waals surface area contributed by atoms with E-state index in [2.05, 4.69) is 15.4 Å². The van der Waals surface area contributed by atoms with Crippen molar-refractivity contribution in [1.82, 2.24) is 10.6 Å². The van der Waals surface area contributed by atoms with Gasteiger partial charge in [0.25, 0.3) is 5.79 Å². The molecule has 4 aliphatic rings. The number of nitrogens with one attached hydrogen (secondary N) is 2. The van der Waals surface area contributed by atoms with Crippen LogP contribution >= 0.6 is 0 Å². The number of carbonyl (C=O) groups is 4. The third kappa shape index (κ3) is 14.4. The molecule has 0 radical (unpaired) electrons. The fourth-order valence-corrected chi connectivity index (χ4v) is 8.50. The van der Waals surface area contributed by atoms with Gasteiger partial charge in [-0.15, -0.1) is 0 Å². The smallest absolute Gasteiger partial charge is 0.364 e. The molecule has 68 heavy (non-hydrogen) atoms. The van der Waals surface area contributed by atoms with E-state index < -0.39 is 172 Å². The van der Waals surface area contributed by atoms with Crippen LogP contribution in [0.3, 0.4) is 0 Å². The van der Waals surface area contributed by atoms with Gasteiger partial charge in [0.2, 0.25) is 11.8 Å². The molecule has 4 saturated heterocycles. The van der Waals surface area contributed by atoms with Gasteiger partial charge in [-0.25, -0.2) is 4.79 Å². The topological polar surface area (TPSA) is 418 Å². The van der Waals surface area contributed by atoms with Crippen LogP contribution in [-0.4, -0.2) is 247 Å². The van der Waals surface area contributed by atoms with Crippen LogP contribution in [-0.2, 0) is 61.8 Å². The minimum Gasteiger partial charge on any atom is -0.477 e. The normalized spacial score (nSPS) is 39.6. The summed E-state index contributed by atoms with van der Waals surface area (Å²) in [4.78, 5) is 49.3. The Bertz CT molecular complexity index is 1600. The van der Waals surface area contributed by atoms with Crippen molar-refractivity contribution >= 4 is 23.8 Å². The van der Waals surface area contributed by atoms with Crippen molar-refractivity contribution in [1.29, 1.82) is 0 Å². The summed E-state index contributed by atoms with van der Waals surface area (Å²) in [6.45, 7) is 0.519. The van der Waals surface area contributed by atoms with E-state index in [1.807, 2.05) is 0 Å². The number of carboxylic acids is 1. The fraction of sp³-hybridized carbons (Fsp3) is 0.902. The second-order valence-electron chi connectivity index (χ2n) is 17.3. The van der Waals surface area contributed by atoms with Gasteiger partial charge in [-0.3, -0.25) is 14.4 Å². The Morgan fingerprint density at radius 2 is 1.26 bits per heavy atom. The van der Waals surface area contributed by atoms with E-state index in [9.17, 15) is 80.5 Å². The summed E-state index contributed by atoms with van der Waals surface area (Å²) in [6, 6.07) is -3.04. The number of carboxylic acid groups (broad SMARTS) is 1. The number of amides is 2. The van der Waals surface area contributed by atoms with E-state index in [0.29, 0.717) is 25.7 Å². The molecule has 27 heteroatoms. The summed E-state index contributed by atoms with van der Waals surface area (Å²) in [6.07, 6.45) is -29.9. The minimum atomic E-state index is -3.13. The summed E-state index contributed by atoms with van der Waals surface area (Å²) in [7, 11) is 1.32. The number of hydrogen-bond acceptors (Lipinski definition) is 24. The number of unbranched alkanes of at least 4 members (excludes halogenated alkanes) is 5. The van der Waals surface area contributed by atoms with Gasteiger partial charge >= 0.3 is 11.9 Å². The molecule has 0 bridgehead atoms. The second-order valence-corrected chi connectivity index (χ2v) is 17.3. The number of methoxy groups -OCH3 is 1.